The molecule has 2 rings (SSSR count). The van der Waals surface area contributed by atoms with E-state index in [9.17, 15) is 9.18 Å². The number of carbonyl (C=O) groups excluding carboxylic acids is 1. The third-order valence-electron chi connectivity index (χ3n) is 2.80. The first kappa shape index (κ1) is 15.8. The fraction of sp³-hybridized carbons (Fsp3) is 0.267. The minimum Gasteiger partial charge on any atom is -0.385 e. The molecular formula is C15H17FN4O2. The first-order valence-corrected chi connectivity index (χ1v) is 6.81. The van der Waals surface area contributed by atoms with Crippen LogP contribution < -0.4 is 10.6 Å². The van der Waals surface area contributed by atoms with Gasteiger partial charge in [0.05, 0.1) is 5.56 Å². The zero-order valence-electron chi connectivity index (χ0n) is 12.2. The van der Waals surface area contributed by atoms with Gasteiger partial charge in [0.25, 0.3) is 5.91 Å². The van der Waals surface area contributed by atoms with Crippen molar-refractivity contribution in [1.29, 1.82) is 0 Å². The lowest BCUT2D eigenvalue weighted by molar-refractivity contribution is 0.102. The Morgan fingerprint density at radius 2 is 2.09 bits per heavy atom. The lowest BCUT2D eigenvalue weighted by Crippen LogP contribution is -2.14. The number of hydrogen-bond donors (Lipinski definition) is 2. The highest BCUT2D eigenvalue weighted by Gasteiger charge is 2.08. The van der Waals surface area contributed by atoms with E-state index in [0.29, 0.717) is 30.4 Å². The average molecular weight is 304 g/mol. The topological polar surface area (TPSA) is 76.1 Å². The molecule has 0 fully saturated rings. The Kier molecular flexibility index (Phi) is 5.79. The number of anilines is 2. The summed E-state index contributed by atoms with van der Waals surface area (Å²) in [5, 5.41) is 5.60. The van der Waals surface area contributed by atoms with Gasteiger partial charge < -0.3 is 15.4 Å². The highest BCUT2D eigenvalue weighted by atomic mass is 19.1. The number of halogens is 1. The van der Waals surface area contributed by atoms with Crippen molar-refractivity contribution in [3.8, 4) is 0 Å². The number of nitrogens with one attached hydrogen (secondary N) is 2. The van der Waals surface area contributed by atoms with Gasteiger partial charge in [0.1, 0.15) is 5.82 Å². The Bertz CT molecular complexity index is 619. The smallest absolute Gasteiger partial charge is 0.258 e. The molecule has 0 aliphatic heterocycles. The first-order valence-electron chi connectivity index (χ1n) is 6.81. The van der Waals surface area contributed by atoms with E-state index in [1.807, 2.05) is 0 Å². The Labute approximate surface area is 127 Å². The molecule has 0 radical (unpaired) electrons. The molecule has 1 heterocycles. The minimum absolute atomic E-state index is 0.298. The summed E-state index contributed by atoms with van der Waals surface area (Å²) in [7, 11) is 1.64. The van der Waals surface area contributed by atoms with Crippen molar-refractivity contribution in [3.05, 3.63) is 48.0 Å². The van der Waals surface area contributed by atoms with Crippen LogP contribution in [0.2, 0.25) is 0 Å². The number of aromatic nitrogens is 2. The number of hydrogen-bond acceptors (Lipinski definition) is 5. The second-order valence-electron chi connectivity index (χ2n) is 4.53. The van der Waals surface area contributed by atoms with E-state index in [4.69, 9.17) is 4.74 Å². The molecule has 0 spiro atoms. The summed E-state index contributed by atoms with van der Waals surface area (Å²) < 4.78 is 18.0. The van der Waals surface area contributed by atoms with Crippen molar-refractivity contribution >= 4 is 17.5 Å². The van der Waals surface area contributed by atoms with Crippen molar-refractivity contribution in [2.45, 2.75) is 6.42 Å². The van der Waals surface area contributed by atoms with Gasteiger partial charge in [0.2, 0.25) is 5.95 Å². The number of carbonyl (C=O) groups is 1. The second-order valence-corrected chi connectivity index (χ2v) is 4.53. The van der Waals surface area contributed by atoms with Crippen LogP contribution in [0.5, 0.6) is 0 Å². The Morgan fingerprint density at radius 3 is 2.77 bits per heavy atom. The molecule has 7 heteroatoms. The summed E-state index contributed by atoms with van der Waals surface area (Å²) in [5.41, 5.74) is 0.679. The number of benzene rings is 1. The van der Waals surface area contributed by atoms with Crippen LogP contribution in [0.25, 0.3) is 0 Å². The predicted molar refractivity (Wildman–Crippen MR) is 81.4 cm³/mol. The van der Waals surface area contributed by atoms with Crippen molar-refractivity contribution < 1.29 is 13.9 Å². The zero-order valence-corrected chi connectivity index (χ0v) is 12.2. The first-order chi connectivity index (χ1) is 10.7. The average Bonchev–Trinajstić information content (AvgIpc) is 2.52. The van der Waals surface area contributed by atoms with E-state index in [1.165, 1.54) is 30.6 Å². The van der Waals surface area contributed by atoms with Gasteiger partial charge >= 0.3 is 0 Å². The molecule has 1 amide bonds. The van der Waals surface area contributed by atoms with E-state index < -0.39 is 11.7 Å². The second kappa shape index (κ2) is 8.04. The molecule has 1 aromatic heterocycles. The molecule has 2 aromatic rings. The van der Waals surface area contributed by atoms with Gasteiger partial charge in [-0.05, 0) is 24.6 Å². The SMILES string of the molecule is COCCCNc1ncc(C(=O)Nc2cccc(F)c2)cn1. The molecule has 0 aliphatic carbocycles. The summed E-state index contributed by atoms with van der Waals surface area (Å²) >= 11 is 0. The van der Waals surface area contributed by atoms with Crippen LogP contribution in [-0.4, -0.2) is 36.1 Å². The molecule has 116 valence electrons. The molecule has 0 saturated carbocycles. The highest BCUT2D eigenvalue weighted by molar-refractivity contribution is 6.03. The monoisotopic (exact) mass is 304 g/mol. The normalized spacial score (nSPS) is 10.3. The summed E-state index contributed by atoms with van der Waals surface area (Å²) in [5.74, 6) is -0.361. The largest absolute Gasteiger partial charge is 0.385 e. The summed E-state index contributed by atoms with van der Waals surface area (Å²) in [4.78, 5) is 20.1. The Hall–Kier alpha value is -2.54. The molecule has 0 aliphatic rings. The number of rotatable bonds is 7. The van der Waals surface area contributed by atoms with Gasteiger partial charge in [-0.3, -0.25) is 4.79 Å². The Morgan fingerprint density at radius 1 is 1.32 bits per heavy atom. The molecule has 22 heavy (non-hydrogen) atoms. The minimum atomic E-state index is -0.412. The lowest BCUT2D eigenvalue weighted by atomic mass is 10.2. The maximum absolute atomic E-state index is 13.1. The molecule has 0 atom stereocenters. The van der Waals surface area contributed by atoms with E-state index in [2.05, 4.69) is 20.6 Å². The van der Waals surface area contributed by atoms with E-state index in [-0.39, 0.29) is 0 Å². The number of nitrogens with zero attached hydrogens (tertiary/aromatic N) is 2. The van der Waals surface area contributed by atoms with Gasteiger partial charge in [0.15, 0.2) is 0 Å². The quantitative estimate of drug-likeness (QED) is 0.768. The fourth-order valence-electron chi connectivity index (χ4n) is 1.72. The van der Waals surface area contributed by atoms with E-state index >= 15 is 0 Å². The number of methoxy groups -OCH3 is 1. The number of ether oxygens (including phenoxy) is 1. The standard InChI is InChI=1S/C15H17FN4O2/c1-22-7-3-6-17-15-18-9-11(10-19-15)14(21)20-13-5-2-4-12(16)8-13/h2,4-5,8-10H,3,6-7H2,1H3,(H,20,21)(H,17,18,19). The van der Waals surface area contributed by atoms with Crippen molar-refractivity contribution in [1.82, 2.24) is 9.97 Å². The fourth-order valence-corrected chi connectivity index (χ4v) is 1.72. The number of amides is 1. The van der Waals surface area contributed by atoms with Crippen LogP contribution in [0.1, 0.15) is 16.8 Å². The lowest BCUT2D eigenvalue weighted by Gasteiger charge is -2.06. The van der Waals surface area contributed by atoms with Crippen LogP contribution in [0.4, 0.5) is 16.0 Å². The predicted octanol–water partition coefficient (Wildman–Crippen LogP) is 2.32. The Balaban J connectivity index is 1.90. The van der Waals surface area contributed by atoms with Gasteiger partial charge in [-0.1, -0.05) is 6.07 Å². The van der Waals surface area contributed by atoms with Crippen molar-refractivity contribution in [3.63, 3.8) is 0 Å². The van der Waals surface area contributed by atoms with Gasteiger partial charge in [-0.2, -0.15) is 0 Å². The molecule has 1 aromatic carbocycles. The van der Waals surface area contributed by atoms with Crippen LogP contribution in [0.3, 0.4) is 0 Å². The molecule has 0 saturated heterocycles. The molecular weight excluding hydrogens is 287 g/mol. The van der Waals surface area contributed by atoms with Gasteiger partial charge in [0, 0.05) is 38.3 Å². The van der Waals surface area contributed by atoms with Gasteiger partial charge in [-0.25, -0.2) is 14.4 Å². The van der Waals surface area contributed by atoms with Crippen LogP contribution >= 0.6 is 0 Å². The zero-order chi connectivity index (χ0) is 15.8. The highest BCUT2D eigenvalue weighted by Crippen LogP contribution is 2.11. The van der Waals surface area contributed by atoms with Crippen LogP contribution in [-0.2, 0) is 4.74 Å². The van der Waals surface area contributed by atoms with Crippen LogP contribution in [0.15, 0.2) is 36.7 Å². The summed E-state index contributed by atoms with van der Waals surface area (Å²) in [6.45, 7) is 1.34. The van der Waals surface area contributed by atoms with E-state index in [0.717, 1.165) is 6.42 Å². The third kappa shape index (κ3) is 4.78. The van der Waals surface area contributed by atoms with Gasteiger partial charge in [-0.15, -0.1) is 0 Å². The van der Waals surface area contributed by atoms with E-state index in [1.54, 1.807) is 13.2 Å². The van der Waals surface area contributed by atoms with Crippen molar-refractivity contribution in [2.24, 2.45) is 0 Å². The molecule has 0 unspecified atom stereocenters. The summed E-state index contributed by atoms with van der Waals surface area (Å²) in [6, 6.07) is 5.68. The molecule has 2 N–H and O–H groups in total. The summed E-state index contributed by atoms with van der Waals surface area (Å²) in [6.07, 6.45) is 3.67. The third-order valence-corrected chi connectivity index (χ3v) is 2.80. The maximum Gasteiger partial charge on any atom is 0.258 e. The van der Waals surface area contributed by atoms with Crippen molar-refractivity contribution in [2.75, 3.05) is 30.9 Å². The maximum atomic E-state index is 13.1. The molecule has 0 bridgehead atoms. The molecule has 6 nitrogen and oxygen atoms in total. The van der Waals surface area contributed by atoms with Crippen LogP contribution in [0, 0.1) is 5.82 Å².